The van der Waals surface area contributed by atoms with Gasteiger partial charge in [-0.25, -0.2) is 0 Å². The third-order valence-corrected chi connectivity index (χ3v) is 3.97. The molecule has 0 heterocycles. The first-order valence-corrected chi connectivity index (χ1v) is 8.55. The molecule has 1 N–H and O–H groups in total. The number of esters is 1. The van der Waals surface area contributed by atoms with Crippen LogP contribution in [0.2, 0.25) is 10.0 Å². The van der Waals surface area contributed by atoms with E-state index >= 15 is 0 Å². The van der Waals surface area contributed by atoms with Crippen LogP contribution in [-0.4, -0.2) is 24.0 Å². The van der Waals surface area contributed by atoms with Crippen molar-refractivity contribution < 1.29 is 14.3 Å². The minimum atomic E-state index is -0.403. The van der Waals surface area contributed by atoms with Crippen molar-refractivity contribution in [1.82, 2.24) is 5.32 Å². The molecule has 2 unspecified atom stereocenters. The molecule has 0 aliphatic carbocycles. The Morgan fingerprint density at radius 1 is 1.22 bits per heavy atom. The second-order valence-corrected chi connectivity index (χ2v) is 6.43. The molecule has 6 heteroatoms. The fraction of sp³-hybridized carbons (Fsp3) is 0.529. The maximum absolute atomic E-state index is 12.2. The predicted octanol–water partition coefficient (Wildman–Crippen LogP) is 4.62. The van der Waals surface area contributed by atoms with E-state index in [4.69, 9.17) is 27.9 Å². The third-order valence-electron chi connectivity index (χ3n) is 3.34. The van der Waals surface area contributed by atoms with Crippen molar-refractivity contribution in [3.8, 4) is 0 Å². The van der Waals surface area contributed by atoms with Crippen LogP contribution in [0.4, 0.5) is 0 Å². The summed E-state index contributed by atoms with van der Waals surface area (Å²) >= 11 is 12.0. The van der Waals surface area contributed by atoms with Crippen LogP contribution in [0.25, 0.3) is 0 Å². The summed E-state index contributed by atoms with van der Waals surface area (Å²) in [7, 11) is 0. The van der Waals surface area contributed by atoms with Crippen LogP contribution < -0.4 is 5.32 Å². The Morgan fingerprint density at radius 3 is 2.39 bits per heavy atom. The fourth-order valence-electron chi connectivity index (χ4n) is 2.13. The average molecular weight is 360 g/mol. The van der Waals surface area contributed by atoms with E-state index in [1.54, 1.807) is 25.1 Å². The molecule has 0 saturated heterocycles. The van der Waals surface area contributed by atoms with Gasteiger partial charge in [-0.1, -0.05) is 49.0 Å². The molecule has 0 spiro atoms. The van der Waals surface area contributed by atoms with Gasteiger partial charge in [-0.15, -0.1) is 0 Å². The summed E-state index contributed by atoms with van der Waals surface area (Å²) in [4.78, 5) is 24.1. The van der Waals surface area contributed by atoms with Gasteiger partial charge in [-0.05, 0) is 32.4 Å². The second kappa shape index (κ2) is 9.78. The highest BCUT2D eigenvalue weighted by atomic mass is 35.5. The SMILES string of the molecule is CCCCC(C)OC(=O)CC(C)NC(=O)c1c(Cl)cccc1Cl. The maximum atomic E-state index is 12.2. The maximum Gasteiger partial charge on any atom is 0.308 e. The topological polar surface area (TPSA) is 55.4 Å². The first-order valence-electron chi connectivity index (χ1n) is 7.79. The predicted molar refractivity (Wildman–Crippen MR) is 93.1 cm³/mol. The fourth-order valence-corrected chi connectivity index (χ4v) is 2.70. The van der Waals surface area contributed by atoms with Crippen LogP contribution in [0.3, 0.4) is 0 Å². The number of halogens is 2. The molecule has 0 radical (unpaired) electrons. The Balaban J connectivity index is 2.51. The van der Waals surface area contributed by atoms with Gasteiger partial charge in [0.2, 0.25) is 0 Å². The Kier molecular flexibility index (Phi) is 8.42. The monoisotopic (exact) mass is 359 g/mol. The third kappa shape index (κ3) is 6.80. The molecular formula is C17H23Cl2NO3. The van der Waals surface area contributed by atoms with E-state index < -0.39 is 5.91 Å². The van der Waals surface area contributed by atoms with Crippen molar-refractivity contribution in [3.63, 3.8) is 0 Å². The zero-order chi connectivity index (χ0) is 17.4. The molecule has 128 valence electrons. The molecule has 0 saturated carbocycles. The van der Waals surface area contributed by atoms with E-state index in [1.165, 1.54) is 0 Å². The highest BCUT2D eigenvalue weighted by molar-refractivity contribution is 6.39. The van der Waals surface area contributed by atoms with Crippen molar-refractivity contribution in [1.29, 1.82) is 0 Å². The summed E-state index contributed by atoms with van der Waals surface area (Å²) in [6, 6.07) is 4.48. The summed E-state index contributed by atoms with van der Waals surface area (Å²) in [5, 5.41) is 3.27. The lowest BCUT2D eigenvalue weighted by atomic mass is 10.1. The number of hydrogen-bond donors (Lipinski definition) is 1. The van der Waals surface area contributed by atoms with E-state index in [0.29, 0.717) is 0 Å². The quantitative estimate of drug-likeness (QED) is 0.688. The smallest absolute Gasteiger partial charge is 0.308 e. The van der Waals surface area contributed by atoms with E-state index in [9.17, 15) is 9.59 Å². The van der Waals surface area contributed by atoms with Crippen molar-refractivity contribution in [3.05, 3.63) is 33.8 Å². The standard InChI is InChI=1S/C17H23Cl2NO3/c1-4-5-7-12(3)23-15(21)10-11(2)20-17(22)16-13(18)8-6-9-14(16)19/h6,8-9,11-12H,4-5,7,10H2,1-3H3,(H,20,22). The van der Waals surface area contributed by atoms with Crippen molar-refractivity contribution in [2.24, 2.45) is 0 Å². The number of ether oxygens (including phenoxy) is 1. The van der Waals surface area contributed by atoms with E-state index in [0.717, 1.165) is 19.3 Å². The summed E-state index contributed by atoms with van der Waals surface area (Å²) in [6.07, 6.45) is 2.92. The molecule has 1 aromatic rings. The zero-order valence-corrected chi connectivity index (χ0v) is 15.2. The van der Waals surface area contributed by atoms with Gasteiger partial charge in [0, 0.05) is 6.04 Å². The number of carbonyl (C=O) groups excluding carboxylic acids is 2. The highest BCUT2D eigenvalue weighted by Crippen LogP contribution is 2.24. The lowest BCUT2D eigenvalue weighted by Gasteiger charge is -2.17. The van der Waals surface area contributed by atoms with Gasteiger partial charge in [-0.2, -0.15) is 0 Å². The van der Waals surface area contributed by atoms with E-state index in [-0.39, 0.29) is 40.1 Å². The van der Waals surface area contributed by atoms with Crippen LogP contribution >= 0.6 is 23.2 Å². The van der Waals surface area contributed by atoms with Gasteiger partial charge < -0.3 is 10.1 Å². The minimum absolute atomic E-state index is 0.101. The summed E-state index contributed by atoms with van der Waals surface area (Å²) in [6.45, 7) is 5.70. The van der Waals surface area contributed by atoms with Crippen LogP contribution in [0.1, 0.15) is 56.8 Å². The normalized spacial score (nSPS) is 13.3. The molecular weight excluding hydrogens is 337 g/mol. The van der Waals surface area contributed by atoms with Crippen LogP contribution in [-0.2, 0) is 9.53 Å². The lowest BCUT2D eigenvalue weighted by molar-refractivity contribution is -0.148. The zero-order valence-electron chi connectivity index (χ0n) is 13.7. The Bertz CT molecular complexity index is 528. The van der Waals surface area contributed by atoms with Crippen molar-refractivity contribution in [2.45, 2.75) is 58.6 Å². The Labute approximate surface area is 147 Å². The first kappa shape index (κ1) is 19.8. The highest BCUT2D eigenvalue weighted by Gasteiger charge is 2.19. The largest absolute Gasteiger partial charge is 0.463 e. The number of rotatable bonds is 8. The van der Waals surface area contributed by atoms with E-state index in [1.807, 2.05) is 6.92 Å². The van der Waals surface area contributed by atoms with Crippen molar-refractivity contribution >= 4 is 35.1 Å². The molecule has 0 aliphatic heterocycles. The summed E-state index contributed by atoms with van der Waals surface area (Å²) in [5.41, 5.74) is 0.215. The molecule has 0 fully saturated rings. The number of amides is 1. The van der Waals surface area contributed by atoms with Gasteiger partial charge in [0.05, 0.1) is 28.1 Å². The van der Waals surface area contributed by atoms with Crippen molar-refractivity contribution in [2.75, 3.05) is 0 Å². The van der Waals surface area contributed by atoms with E-state index in [2.05, 4.69) is 12.2 Å². The number of nitrogens with one attached hydrogen (secondary N) is 1. The summed E-state index contributed by atoms with van der Waals surface area (Å²) < 4.78 is 5.32. The molecule has 1 aromatic carbocycles. The Morgan fingerprint density at radius 2 is 1.83 bits per heavy atom. The molecule has 0 aliphatic rings. The van der Waals surface area contributed by atoms with Crippen LogP contribution in [0, 0.1) is 0 Å². The number of carbonyl (C=O) groups is 2. The molecule has 1 amide bonds. The first-order chi connectivity index (χ1) is 10.8. The average Bonchev–Trinajstić information content (AvgIpc) is 2.44. The summed E-state index contributed by atoms with van der Waals surface area (Å²) in [5.74, 6) is -0.730. The lowest BCUT2D eigenvalue weighted by Crippen LogP contribution is -2.35. The van der Waals surface area contributed by atoms with Gasteiger partial charge in [0.25, 0.3) is 5.91 Å². The number of unbranched alkanes of at least 4 members (excludes halogenated alkanes) is 1. The molecule has 0 aromatic heterocycles. The Hall–Kier alpha value is -1.26. The van der Waals surface area contributed by atoms with Gasteiger partial charge in [0.15, 0.2) is 0 Å². The molecule has 2 atom stereocenters. The number of benzene rings is 1. The molecule has 0 bridgehead atoms. The van der Waals surface area contributed by atoms with Crippen LogP contribution in [0.15, 0.2) is 18.2 Å². The van der Waals surface area contributed by atoms with Crippen LogP contribution in [0.5, 0.6) is 0 Å². The number of hydrogen-bond acceptors (Lipinski definition) is 3. The van der Waals surface area contributed by atoms with Gasteiger partial charge in [0.1, 0.15) is 0 Å². The molecule has 4 nitrogen and oxygen atoms in total. The molecule has 1 rings (SSSR count). The van der Waals surface area contributed by atoms with Gasteiger partial charge >= 0.3 is 5.97 Å². The second-order valence-electron chi connectivity index (χ2n) is 5.62. The molecule has 23 heavy (non-hydrogen) atoms. The minimum Gasteiger partial charge on any atom is -0.463 e. The van der Waals surface area contributed by atoms with Gasteiger partial charge in [-0.3, -0.25) is 9.59 Å².